The maximum Gasteiger partial charge on any atom is 0.309 e. The highest BCUT2D eigenvalue weighted by Gasteiger charge is 2.29. The van der Waals surface area contributed by atoms with Crippen molar-refractivity contribution in [1.82, 2.24) is 9.80 Å². The first-order valence-electron chi connectivity index (χ1n) is 8.69. The summed E-state index contributed by atoms with van der Waals surface area (Å²) >= 11 is 0. The molecule has 0 amide bonds. The molecule has 0 aliphatic carbocycles. The third kappa shape index (κ3) is 4.96. The van der Waals surface area contributed by atoms with E-state index < -0.39 is 11.4 Å². The molecule has 0 saturated carbocycles. The molecule has 1 unspecified atom stereocenters. The van der Waals surface area contributed by atoms with E-state index in [9.17, 15) is 4.79 Å². The zero-order valence-corrected chi connectivity index (χ0v) is 13.8. The minimum absolute atomic E-state index is 0.568. The lowest BCUT2D eigenvalue weighted by molar-refractivity contribution is -0.147. The average molecular weight is 296 g/mol. The average Bonchev–Trinajstić information content (AvgIpc) is 2.93. The van der Waals surface area contributed by atoms with Gasteiger partial charge in [-0.15, -0.1) is 0 Å². The molecule has 2 aliphatic rings. The molecule has 2 fully saturated rings. The maximum atomic E-state index is 11.1. The lowest BCUT2D eigenvalue weighted by Gasteiger charge is -2.32. The van der Waals surface area contributed by atoms with Crippen LogP contribution in [0, 0.1) is 5.41 Å². The second-order valence-electron chi connectivity index (χ2n) is 7.49. The Morgan fingerprint density at radius 3 is 2.52 bits per heavy atom. The fraction of sp³-hybridized carbons (Fsp3) is 0.941. The molecule has 4 heteroatoms. The lowest BCUT2D eigenvalue weighted by atomic mass is 9.87. The van der Waals surface area contributed by atoms with Crippen molar-refractivity contribution >= 4 is 5.97 Å². The molecule has 2 aliphatic heterocycles. The highest BCUT2D eigenvalue weighted by atomic mass is 16.4. The zero-order valence-electron chi connectivity index (χ0n) is 13.8. The van der Waals surface area contributed by atoms with Crippen LogP contribution in [0.2, 0.25) is 0 Å². The summed E-state index contributed by atoms with van der Waals surface area (Å²) in [5.74, 6) is -0.672. The predicted octanol–water partition coefficient (Wildman–Crippen LogP) is 2.83. The van der Waals surface area contributed by atoms with E-state index in [2.05, 4.69) is 9.80 Å². The Hall–Kier alpha value is -0.610. The number of hydrogen-bond acceptors (Lipinski definition) is 3. The first-order valence-corrected chi connectivity index (χ1v) is 8.69. The quantitative estimate of drug-likeness (QED) is 0.734. The Balaban J connectivity index is 1.61. The monoisotopic (exact) mass is 296 g/mol. The van der Waals surface area contributed by atoms with Crippen molar-refractivity contribution in [2.24, 2.45) is 5.41 Å². The standard InChI is InChI=1S/C17H32N2O2/c1-17(2,16(20)21)9-4-7-10-18-13-8-15(14-18)19-11-5-3-6-12-19/h15H,3-14H2,1-2H3,(H,20,21). The Bertz CT molecular complexity index is 338. The van der Waals surface area contributed by atoms with E-state index in [1.54, 1.807) is 0 Å². The van der Waals surface area contributed by atoms with E-state index in [-0.39, 0.29) is 0 Å². The van der Waals surface area contributed by atoms with Crippen molar-refractivity contribution in [3.05, 3.63) is 0 Å². The highest BCUT2D eigenvalue weighted by molar-refractivity contribution is 5.73. The molecule has 0 aromatic rings. The molecule has 2 saturated heterocycles. The van der Waals surface area contributed by atoms with Crippen LogP contribution in [0.3, 0.4) is 0 Å². The zero-order chi connectivity index (χ0) is 15.3. The number of rotatable bonds is 7. The molecule has 122 valence electrons. The minimum Gasteiger partial charge on any atom is -0.481 e. The molecule has 0 aromatic heterocycles. The predicted molar refractivity (Wildman–Crippen MR) is 85.5 cm³/mol. The highest BCUT2D eigenvalue weighted by Crippen LogP contribution is 2.24. The number of carboxylic acids is 1. The second-order valence-corrected chi connectivity index (χ2v) is 7.49. The van der Waals surface area contributed by atoms with Crippen LogP contribution in [0.15, 0.2) is 0 Å². The third-order valence-electron chi connectivity index (χ3n) is 5.26. The largest absolute Gasteiger partial charge is 0.481 e. The van der Waals surface area contributed by atoms with Crippen LogP contribution in [0.1, 0.15) is 58.8 Å². The van der Waals surface area contributed by atoms with Crippen molar-refractivity contribution in [2.75, 3.05) is 32.7 Å². The van der Waals surface area contributed by atoms with Crippen molar-refractivity contribution in [3.63, 3.8) is 0 Å². The van der Waals surface area contributed by atoms with E-state index in [4.69, 9.17) is 5.11 Å². The van der Waals surface area contributed by atoms with E-state index in [0.717, 1.165) is 31.8 Å². The van der Waals surface area contributed by atoms with Gasteiger partial charge in [0.25, 0.3) is 0 Å². The SMILES string of the molecule is CC(C)(CCCCN1CCC(N2CCCCC2)C1)C(=O)O. The van der Waals surface area contributed by atoms with Gasteiger partial charge in [-0.25, -0.2) is 0 Å². The van der Waals surface area contributed by atoms with Gasteiger partial charge in [-0.2, -0.15) is 0 Å². The number of aliphatic carboxylic acids is 1. The summed E-state index contributed by atoms with van der Waals surface area (Å²) in [4.78, 5) is 16.3. The third-order valence-corrected chi connectivity index (χ3v) is 5.26. The second kappa shape index (κ2) is 7.59. The first-order chi connectivity index (χ1) is 9.99. The van der Waals surface area contributed by atoms with Crippen molar-refractivity contribution < 1.29 is 9.90 Å². The van der Waals surface area contributed by atoms with Gasteiger partial charge in [-0.1, -0.05) is 12.8 Å². The summed E-state index contributed by atoms with van der Waals surface area (Å²) in [6, 6.07) is 0.778. The van der Waals surface area contributed by atoms with Crippen LogP contribution in [0.25, 0.3) is 0 Å². The van der Waals surface area contributed by atoms with E-state index >= 15 is 0 Å². The van der Waals surface area contributed by atoms with E-state index in [1.807, 2.05) is 13.8 Å². The number of likely N-dealkylation sites (tertiary alicyclic amines) is 2. The number of piperidine rings is 1. The van der Waals surface area contributed by atoms with Crippen LogP contribution in [0.5, 0.6) is 0 Å². The van der Waals surface area contributed by atoms with Crippen molar-refractivity contribution in [1.29, 1.82) is 0 Å². The summed E-state index contributed by atoms with van der Waals surface area (Å²) in [7, 11) is 0. The smallest absolute Gasteiger partial charge is 0.309 e. The van der Waals surface area contributed by atoms with Gasteiger partial charge in [0.1, 0.15) is 0 Å². The number of carboxylic acid groups (broad SMARTS) is 1. The summed E-state index contributed by atoms with van der Waals surface area (Å²) in [6.45, 7) is 9.84. The minimum atomic E-state index is -0.672. The van der Waals surface area contributed by atoms with E-state index in [1.165, 1.54) is 51.9 Å². The van der Waals surface area contributed by atoms with Gasteiger partial charge in [0, 0.05) is 12.6 Å². The number of nitrogens with zero attached hydrogens (tertiary/aromatic N) is 2. The summed E-state index contributed by atoms with van der Waals surface area (Å²) in [5, 5.41) is 9.12. The molecule has 2 rings (SSSR count). The number of unbranched alkanes of at least 4 members (excludes halogenated alkanes) is 1. The summed E-state index contributed by atoms with van der Waals surface area (Å²) < 4.78 is 0. The molecule has 0 radical (unpaired) electrons. The molecule has 1 atom stereocenters. The van der Waals surface area contributed by atoms with E-state index in [0.29, 0.717) is 0 Å². The maximum absolute atomic E-state index is 11.1. The Labute approximate surface area is 129 Å². The topological polar surface area (TPSA) is 43.8 Å². The molecule has 2 heterocycles. The number of hydrogen-bond donors (Lipinski definition) is 1. The molecular weight excluding hydrogens is 264 g/mol. The van der Waals surface area contributed by atoms with Crippen molar-refractivity contribution in [3.8, 4) is 0 Å². The van der Waals surface area contributed by atoms with Crippen LogP contribution in [-0.4, -0.2) is 59.6 Å². The summed E-state index contributed by atoms with van der Waals surface area (Å²) in [5.41, 5.74) is -0.568. The van der Waals surface area contributed by atoms with Gasteiger partial charge in [0.15, 0.2) is 0 Å². The fourth-order valence-electron chi connectivity index (χ4n) is 3.61. The van der Waals surface area contributed by atoms with Crippen LogP contribution >= 0.6 is 0 Å². The van der Waals surface area contributed by atoms with Crippen LogP contribution in [-0.2, 0) is 4.79 Å². The van der Waals surface area contributed by atoms with Crippen LogP contribution in [0.4, 0.5) is 0 Å². The lowest BCUT2D eigenvalue weighted by Crippen LogP contribution is -2.40. The van der Waals surface area contributed by atoms with Crippen LogP contribution < -0.4 is 0 Å². The van der Waals surface area contributed by atoms with Gasteiger partial charge in [-0.05, 0) is 72.1 Å². The first kappa shape index (κ1) is 16.8. The molecule has 21 heavy (non-hydrogen) atoms. The van der Waals surface area contributed by atoms with Gasteiger partial charge in [0.2, 0.25) is 0 Å². The fourth-order valence-corrected chi connectivity index (χ4v) is 3.61. The van der Waals surface area contributed by atoms with Gasteiger partial charge >= 0.3 is 5.97 Å². The Morgan fingerprint density at radius 2 is 1.86 bits per heavy atom. The molecule has 0 aromatic carbocycles. The van der Waals surface area contributed by atoms with Gasteiger partial charge in [-0.3, -0.25) is 9.69 Å². The molecule has 0 spiro atoms. The van der Waals surface area contributed by atoms with Gasteiger partial charge < -0.3 is 10.0 Å². The van der Waals surface area contributed by atoms with Crippen molar-refractivity contribution in [2.45, 2.75) is 64.8 Å². The molecular formula is C17H32N2O2. The van der Waals surface area contributed by atoms with Gasteiger partial charge in [0.05, 0.1) is 5.41 Å². The normalized spacial score (nSPS) is 25.3. The Morgan fingerprint density at radius 1 is 1.14 bits per heavy atom. The molecule has 4 nitrogen and oxygen atoms in total. The molecule has 1 N–H and O–H groups in total. The summed E-state index contributed by atoms with van der Waals surface area (Å²) in [6.07, 6.45) is 8.41. The Kier molecular flexibility index (Phi) is 6.06. The number of carbonyl (C=O) groups is 1. The molecule has 0 bridgehead atoms.